The van der Waals surface area contributed by atoms with Crippen LogP contribution >= 0.6 is 11.3 Å². The molecular weight excluding hydrogens is 368 g/mol. The predicted octanol–water partition coefficient (Wildman–Crippen LogP) is 1.58. The minimum Gasteiger partial charge on any atom is -0.509 e. The van der Waals surface area contributed by atoms with Gasteiger partial charge in [0.05, 0.1) is 27.6 Å². The third-order valence-electron chi connectivity index (χ3n) is 4.09. The van der Waals surface area contributed by atoms with Crippen molar-refractivity contribution >= 4 is 39.2 Å². The van der Waals surface area contributed by atoms with Crippen LogP contribution in [0, 0.1) is 12.3 Å². The lowest BCUT2D eigenvalue weighted by molar-refractivity contribution is 0.358. The Morgan fingerprint density at radius 3 is 2.85 bits per heavy atom. The summed E-state index contributed by atoms with van der Waals surface area (Å²) in [6.07, 6.45) is 1.26. The predicted molar refractivity (Wildman–Crippen MR) is 104 cm³/mol. The molecule has 27 heavy (non-hydrogen) atoms. The topological polar surface area (TPSA) is 138 Å². The maximum absolute atomic E-state index is 11.9. The average Bonchev–Trinajstić information content (AvgIpc) is 3.14. The summed E-state index contributed by atoms with van der Waals surface area (Å²) in [6, 6.07) is 7.57. The van der Waals surface area contributed by atoms with Crippen molar-refractivity contribution in [1.29, 1.82) is 5.41 Å². The lowest BCUT2D eigenvalue weighted by Crippen LogP contribution is -2.28. The molecule has 10 heteroatoms. The highest BCUT2D eigenvalue weighted by Crippen LogP contribution is 2.33. The van der Waals surface area contributed by atoms with Crippen LogP contribution in [0.1, 0.15) is 16.3 Å². The molecule has 4 rings (SSSR count). The van der Waals surface area contributed by atoms with Crippen molar-refractivity contribution in [1.82, 2.24) is 20.0 Å². The van der Waals surface area contributed by atoms with Crippen molar-refractivity contribution in [2.45, 2.75) is 6.92 Å². The van der Waals surface area contributed by atoms with E-state index in [1.54, 1.807) is 6.92 Å². The van der Waals surface area contributed by atoms with E-state index < -0.39 is 11.2 Å². The zero-order chi connectivity index (χ0) is 19.1. The summed E-state index contributed by atoms with van der Waals surface area (Å²) in [7, 11) is 0. The largest absolute Gasteiger partial charge is 0.509 e. The maximum Gasteiger partial charge on any atom is 0.325 e. The molecule has 3 aromatic rings. The van der Waals surface area contributed by atoms with Crippen LogP contribution in [0.15, 0.2) is 44.7 Å². The van der Waals surface area contributed by atoms with Crippen LogP contribution in [0.5, 0.6) is 0 Å². The number of aromatic amines is 2. The van der Waals surface area contributed by atoms with Crippen LogP contribution in [-0.2, 0) is 0 Å². The van der Waals surface area contributed by atoms with E-state index >= 15 is 0 Å². The number of H-pyrrole nitrogens is 2. The lowest BCUT2D eigenvalue weighted by atomic mass is 10.2. The number of amidine groups is 1. The number of aromatic nitrogens is 3. The molecule has 0 spiro atoms. The fourth-order valence-corrected chi connectivity index (χ4v) is 3.79. The number of nitrogens with zero attached hydrogens (tertiary/aromatic N) is 3. The first-order valence-corrected chi connectivity index (χ1v) is 8.77. The Balaban J connectivity index is 1.64. The van der Waals surface area contributed by atoms with Crippen molar-refractivity contribution in [3.63, 3.8) is 0 Å². The van der Waals surface area contributed by atoms with Gasteiger partial charge in [-0.1, -0.05) is 12.1 Å². The standard InChI is InChI=1S/C17H14N6O3S/c1-8-9(15(25)22-17(26)20-8)6-19-23-7-11(24)13(14(23)18)16-21-10-4-2-3-5-12(10)27-16/h2-6,18,24H,7H2,1H3,(H2,20,22,25,26)/b18-14?,19-6-. The molecule has 0 radical (unpaired) electrons. The number of rotatable bonds is 3. The van der Waals surface area contributed by atoms with E-state index in [0.717, 1.165) is 10.2 Å². The van der Waals surface area contributed by atoms with Gasteiger partial charge in [0.1, 0.15) is 17.3 Å². The molecule has 2 aromatic heterocycles. The SMILES string of the molecule is Cc1[nH]c(=O)[nH]c(=O)c1/C=N\N1CC(O)=C(c2nc3ccccc3s2)C1=N. The van der Waals surface area contributed by atoms with Gasteiger partial charge < -0.3 is 10.1 Å². The molecule has 0 amide bonds. The van der Waals surface area contributed by atoms with Gasteiger partial charge in [-0.15, -0.1) is 11.3 Å². The summed E-state index contributed by atoms with van der Waals surface area (Å²) in [6.45, 7) is 1.58. The summed E-state index contributed by atoms with van der Waals surface area (Å²) >= 11 is 1.38. The van der Waals surface area contributed by atoms with E-state index in [2.05, 4.69) is 20.1 Å². The van der Waals surface area contributed by atoms with Crippen molar-refractivity contribution in [3.05, 3.63) is 67.1 Å². The molecule has 0 saturated heterocycles. The van der Waals surface area contributed by atoms with Gasteiger partial charge >= 0.3 is 5.69 Å². The average molecular weight is 382 g/mol. The number of fused-ring (bicyclic) bond motifs is 1. The Hall–Kier alpha value is -3.53. The number of para-hydroxylation sites is 1. The second-order valence-electron chi connectivity index (χ2n) is 5.91. The molecule has 0 aliphatic carbocycles. The van der Waals surface area contributed by atoms with Gasteiger partial charge in [0.25, 0.3) is 5.56 Å². The molecule has 136 valence electrons. The highest BCUT2D eigenvalue weighted by molar-refractivity contribution is 7.19. The Bertz CT molecular complexity index is 1220. The monoisotopic (exact) mass is 382 g/mol. The molecule has 4 N–H and O–H groups in total. The normalized spacial score (nSPS) is 14.9. The third kappa shape index (κ3) is 2.95. The third-order valence-corrected chi connectivity index (χ3v) is 5.15. The van der Waals surface area contributed by atoms with Crippen LogP contribution in [0.3, 0.4) is 0 Å². The lowest BCUT2D eigenvalue weighted by Gasteiger charge is -2.11. The van der Waals surface area contributed by atoms with Gasteiger partial charge in [-0.25, -0.2) is 14.8 Å². The first-order chi connectivity index (χ1) is 12.9. The van der Waals surface area contributed by atoms with Crippen LogP contribution in [-0.4, -0.2) is 43.7 Å². The number of benzene rings is 1. The van der Waals surface area contributed by atoms with E-state index in [9.17, 15) is 14.7 Å². The van der Waals surface area contributed by atoms with E-state index in [0.29, 0.717) is 16.3 Å². The molecule has 0 atom stereocenters. The zero-order valence-electron chi connectivity index (χ0n) is 14.1. The molecule has 1 aliphatic heterocycles. The molecule has 0 bridgehead atoms. The second-order valence-corrected chi connectivity index (χ2v) is 6.94. The van der Waals surface area contributed by atoms with Crippen LogP contribution < -0.4 is 11.2 Å². The number of aliphatic hydroxyl groups excluding tert-OH is 1. The van der Waals surface area contributed by atoms with Gasteiger partial charge in [-0.05, 0) is 19.1 Å². The van der Waals surface area contributed by atoms with E-state index in [-0.39, 0.29) is 23.7 Å². The van der Waals surface area contributed by atoms with Crippen molar-refractivity contribution < 1.29 is 5.11 Å². The number of hydrazone groups is 1. The number of nitrogens with one attached hydrogen (secondary N) is 3. The van der Waals surface area contributed by atoms with E-state index in [4.69, 9.17) is 5.41 Å². The summed E-state index contributed by atoms with van der Waals surface area (Å²) in [5, 5.41) is 24.6. The molecule has 0 unspecified atom stereocenters. The minimum absolute atomic E-state index is 0.000891. The Morgan fingerprint density at radius 1 is 1.33 bits per heavy atom. The fourth-order valence-electron chi connectivity index (χ4n) is 2.76. The minimum atomic E-state index is -0.596. The highest BCUT2D eigenvalue weighted by Gasteiger charge is 2.30. The van der Waals surface area contributed by atoms with Crippen LogP contribution in [0.2, 0.25) is 0 Å². The van der Waals surface area contributed by atoms with Crippen molar-refractivity contribution in [2.75, 3.05) is 6.54 Å². The zero-order valence-corrected chi connectivity index (χ0v) is 14.9. The first-order valence-electron chi connectivity index (χ1n) is 7.95. The smallest absolute Gasteiger partial charge is 0.325 e. The van der Waals surface area contributed by atoms with Crippen molar-refractivity contribution in [3.8, 4) is 0 Å². The van der Waals surface area contributed by atoms with Gasteiger partial charge in [-0.3, -0.25) is 15.2 Å². The summed E-state index contributed by atoms with van der Waals surface area (Å²) in [5.74, 6) is -0.0235. The molecular formula is C17H14N6O3S. The Kier molecular flexibility index (Phi) is 3.96. The number of hydrogen-bond acceptors (Lipinski definition) is 7. The quantitative estimate of drug-likeness (QED) is 0.510. The van der Waals surface area contributed by atoms with E-state index in [1.807, 2.05) is 24.3 Å². The van der Waals surface area contributed by atoms with Crippen molar-refractivity contribution in [2.24, 2.45) is 5.10 Å². The van der Waals surface area contributed by atoms with Crippen LogP contribution in [0.4, 0.5) is 0 Å². The summed E-state index contributed by atoms with van der Waals surface area (Å²) in [4.78, 5) is 32.2. The summed E-state index contributed by atoms with van der Waals surface area (Å²) < 4.78 is 0.956. The van der Waals surface area contributed by atoms with Gasteiger partial charge in [-0.2, -0.15) is 5.10 Å². The molecule has 1 aromatic carbocycles. The molecule has 0 fully saturated rings. The summed E-state index contributed by atoms with van der Waals surface area (Å²) in [5.41, 5.74) is 0.482. The van der Waals surface area contributed by atoms with Gasteiger partial charge in [0, 0.05) is 5.69 Å². The first kappa shape index (κ1) is 16.9. The van der Waals surface area contributed by atoms with Gasteiger partial charge in [0.15, 0.2) is 5.84 Å². The van der Waals surface area contributed by atoms with Gasteiger partial charge in [0.2, 0.25) is 0 Å². The van der Waals surface area contributed by atoms with E-state index in [1.165, 1.54) is 22.6 Å². The fraction of sp³-hybridized carbons (Fsp3) is 0.118. The number of hydrogen-bond donors (Lipinski definition) is 4. The Morgan fingerprint density at radius 2 is 2.11 bits per heavy atom. The Labute approximate surface area is 155 Å². The number of aliphatic hydroxyl groups is 1. The number of aryl methyl sites for hydroxylation is 1. The number of thiazole rings is 1. The molecule has 3 heterocycles. The highest BCUT2D eigenvalue weighted by atomic mass is 32.1. The second kappa shape index (κ2) is 6.32. The molecule has 9 nitrogen and oxygen atoms in total. The maximum atomic E-state index is 11.9. The van der Waals surface area contributed by atoms with Crippen LogP contribution in [0.25, 0.3) is 15.8 Å². The molecule has 0 saturated carbocycles. The molecule has 1 aliphatic rings.